The van der Waals surface area contributed by atoms with Crippen molar-refractivity contribution in [1.82, 2.24) is 4.98 Å². The van der Waals surface area contributed by atoms with Gasteiger partial charge in [0.05, 0.1) is 32.4 Å². The Labute approximate surface area is 153 Å². The van der Waals surface area contributed by atoms with Gasteiger partial charge in [-0.1, -0.05) is 56.4 Å². The third-order valence-electron chi connectivity index (χ3n) is 2.90. The number of carboxylic acids is 1. The van der Waals surface area contributed by atoms with Gasteiger partial charge in [-0.25, -0.2) is 4.98 Å². The van der Waals surface area contributed by atoms with Crippen LogP contribution in [-0.2, 0) is 10.2 Å². The van der Waals surface area contributed by atoms with Crippen molar-refractivity contribution >= 4 is 73.1 Å². The summed E-state index contributed by atoms with van der Waals surface area (Å²) in [5.74, 6) is -0.408. The highest BCUT2D eigenvalue weighted by molar-refractivity contribution is 8.23. The van der Waals surface area contributed by atoms with Gasteiger partial charge in [0.1, 0.15) is 4.32 Å². The van der Waals surface area contributed by atoms with Gasteiger partial charge < -0.3 is 10.4 Å². The number of fused-ring (bicyclic) bond motifs is 1. The van der Waals surface area contributed by atoms with Crippen molar-refractivity contribution in [1.29, 1.82) is 0 Å². The fraction of sp³-hybridized carbons (Fsp3) is 0.400. The zero-order valence-electron chi connectivity index (χ0n) is 13.0. The van der Waals surface area contributed by atoms with Crippen molar-refractivity contribution in [2.45, 2.75) is 32.6 Å². The van der Waals surface area contributed by atoms with E-state index in [1.807, 2.05) is 12.1 Å². The highest BCUT2D eigenvalue weighted by Crippen LogP contribution is 2.35. The molecule has 0 radical (unpaired) electrons. The Morgan fingerprint density at radius 3 is 2.78 bits per heavy atom. The quantitative estimate of drug-likeness (QED) is 0.706. The molecule has 1 heterocycles. The van der Waals surface area contributed by atoms with Gasteiger partial charge in [0.15, 0.2) is 0 Å². The Morgan fingerprint density at radius 1 is 1.48 bits per heavy atom. The number of aliphatic carboxylic acids is 1. The van der Waals surface area contributed by atoms with Crippen molar-refractivity contribution in [2.75, 3.05) is 11.1 Å². The standard InChI is InChI=1S/C15H17ClN2O2S3/c1-15(2,3)13-17-10-6-8(16)9(7-11(10)23-13)18-14(21)22-5-4-12(19)20/h6-7H,4-5H2,1-3H3,(H,18,21)(H,19,20). The van der Waals surface area contributed by atoms with Crippen LogP contribution in [0.25, 0.3) is 10.2 Å². The second-order valence-electron chi connectivity index (χ2n) is 5.97. The Kier molecular flexibility index (Phi) is 5.89. The molecule has 0 unspecified atom stereocenters. The van der Waals surface area contributed by atoms with E-state index in [-0.39, 0.29) is 11.8 Å². The number of nitrogens with one attached hydrogen (secondary N) is 1. The van der Waals surface area contributed by atoms with E-state index < -0.39 is 5.97 Å². The highest BCUT2D eigenvalue weighted by Gasteiger charge is 2.19. The van der Waals surface area contributed by atoms with Crippen molar-refractivity contribution < 1.29 is 9.90 Å². The molecule has 1 aromatic carbocycles. The van der Waals surface area contributed by atoms with Crippen molar-refractivity contribution in [3.8, 4) is 0 Å². The number of nitrogens with zero attached hydrogens (tertiary/aromatic N) is 1. The number of thioether (sulfide) groups is 1. The van der Waals surface area contributed by atoms with E-state index in [2.05, 4.69) is 31.1 Å². The summed E-state index contributed by atoms with van der Waals surface area (Å²) in [6.45, 7) is 6.37. The molecule has 0 bridgehead atoms. The number of carbonyl (C=O) groups is 1. The lowest BCUT2D eigenvalue weighted by Crippen LogP contribution is -2.09. The first kappa shape index (κ1) is 18.4. The molecule has 1 aromatic heterocycles. The van der Waals surface area contributed by atoms with Crippen LogP contribution in [0.3, 0.4) is 0 Å². The normalized spacial score (nSPS) is 11.7. The molecule has 0 aliphatic rings. The van der Waals surface area contributed by atoms with Gasteiger partial charge >= 0.3 is 5.97 Å². The van der Waals surface area contributed by atoms with Crippen LogP contribution in [0.5, 0.6) is 0 Å². The van der Waals surface area contributed by atoms with Gasteiger partial charge in [-0.15, -0.1) is 11.3 Å². The number of hydrogen-bond donors (Lipinski definition) is 2. The van der Waals surface area contributed by atoms with Crippen LogP contribution in [-0.4, -0.2) is 26.1 Å². The summed E-state index contributed by atoms with van der Waals surface area (Å²) < 4.78 is 1.55. The molecule has 2 aromatic rings. The molecule has 0 fully saturated rings. The Balaban J connectivity index is 2.16. The lowest BCUT2D eigenvalue weighted by atomic mass is 9.98. The summed E-state index contributed by atoms with van der Waals surface area (Å²) in [5.41, 5.74) is 1.59. The number of thiocarbonyl (C=S) groups is 1. The first-order chi connectivity index (χ1) is 10.7. The van der Waals surface area contributed by atoms with E-state index in [9.17, 15) is 4.79 Å². The first-order valence-corrected chi connectivity index (χ1v) is 9.52. The molecule has 0 amide bonds. The van der Waals surface area contributed by atoms with Gasteiger partial charge in [0.2, 0.25) is 0 Å². The lowest BCUT2D eigenvalue weighted by molar-refractivity contribution is -0.136. The maximum atomic E-state index is 10.5. The molecule has 0 saturated carbocycles. The van der Waals surface area contributed by atoms with Crippen LogP contribution in [0.1, 0.15) is 32.2 Å². The monoisotopic (exact) mass is 388 g/mol. The third-order valence-corrected chi connectivity index (χ3v) is 5.89. The zero-order valence-corrected chi connectivity index (χ0v) is 16.2. The molecule has 124 valence electrons. The molecule has 2 rings (SSSR count). The van der Waals surface area contributed by atoms with Gasteiger partial charge in [0, 0.05) is 11.2 Å². The van der Waals surface area contributed by atoms with Gasteiger partial charge in [-0.3, -0.25) is 4.79 Å². The minimum Gasteiger partial charge on any atom is -0.481 e. The van der Waals surface area contributed by atoms with Crippen LogP contribution >= 0.6 is 46.9 Å². The number of aromatic nitrogens is 1. The molecule has 8 heteroatoms. The van der Waals surface area contributed by atoms with Crippen molar-refractivity contribution in [3.05, 3.63) is 22.2 Å². The minimum absolute atomic E-state index is 0.00819. The van der Waals surface area contributed by atoms with Crippen molar-refractivity contribution in [2.24, 2.45) is 0 Å². The predicted molar refractivity (Wildman–Crippen MR) is 104 cm³/mol. The molecule has 0 aliphatic heterocycles. The fourth-order valence-electron chi connectivity index (χ4n) is 1.74. The summed E-state index contributed by atoms with van der Waals surface area (Å²) >= 11 is 14.4. The van der Waals surface area contributed by atoms with Crippen LogP contribution in [0, 0.1) is 0 Å². The van der Waals surface area contributed by atoms with Gasteiger partial charge in [0.25, 0.3) is 0 Å². The molecule has 0 saturated heterocycles. The SMILES string of the molecule is CC(C)(C)c1nc2cc(Cl)c(NC(=S)SCCC(=O)O)cc2s1. The van der Waals surface area contributed by atoms with E-state index in [0.717, 1.165) is 20.9 Å². The maximum absolute atomic E-state index is 10.5. The van der Waals surface area contributed by atoms with E-state index in [0.29, 0.717) is 15.1 Å². The zero-order chi connectivity index (χ0) is 17.2. The number of thiazole rings is 1. The number of benzene rings is 1. The fourth-order valence-corrected chi connectivity index (χ4v) is 4.00. The molecule has 4 nitrogen and oxygen atoms in total. The van der Waals surface area contributed by atoms with E-state index in [1.54, 1.807) is 11.3 Å². The smallest absolute Gasteiger partial charge is 0.304 e. The van der Waals surface area contributed by atoms with Crippen molar-refractivity contribution in [3.63, 3.8) is 0 Å². The predicted octanol–water partition coefficient (Wildman–Crippen LogP) is 5.15. The Bertz CT molecular complexity index is 753. The Hall–Kier alpha value is -0.890. The summed E-state index contributed by atoms with van der Waals surface area (Å²) in [5, 5.41) is 13.3. The number of hydrogen-bond acceptors (Lipinski definition) is 5. The molecule has 0 aliphatic carbocycles. The topological polar surface area (TPSA) is 62.2 Å². The van der Waals surface area contributed by atoms with E-state index in [4.69, 9.17) is 28.9 Å². The summed E-state index contributed by atoms with van der Waals surface area (Å²) in [6, 6.07) is 3.77. The number of halogens is 1. The first-order valence-electron chi connectivity index (χ1n) is 6.93. The minimum atomic E-state index is -0.834. The number of carboxylic acid groups (broad SMARTS) is 1. The average Bonchev–Trinajstić information content (AvgIpc) is 2.81. The number of rotatable bonds is 4. The molecule has 2 N–H and O–H groups in total. The molecule has 0 atom stereocenters. The highest BCUT2D eigenvalue weighted by atomic mass is 35.5. The lowest BCUT2D eigenvalue weighted by Gasteiger charge is -2.13. The molecular weight excluding hydrogens is 372 g/mol. The molecular formula is C15H17ClN2O2S3. The average molecular weight is 389 g/mol. The summed E-state index contributed by atoms with van der Waals surface area (Å²) in [4.78, 5) is 15.2. The van der Waals surface area contributed by atoms with Crippen LogP contribution in [0.15, 0.2) is 12.1 Å². The Morgan fingerprint density at radius 2 is 2.17 bits per heavy atom. The van der Waals surface area contributed by atoms with Gasteiger partial charge in [-0.05, 0) is 12.1 Å². The third kappa shape index (κ3) is 5.04. The molecule has 0 spiro atoms. The number of anilines is 1. The van der Waals surface area contributed by atoms with Crippen LogP contribution < -0.4 is 5.32 Å². The summed E-state index contributed by atoms with van der Waals surface area (Å²) in [6.07, 6.45) is 0.0725. The van der Waals surface area contributed by atoms with Crippen LogP contribution in [0.4, 0.5) is 5.69 Å². The molecule has 23 heavy (non-hydrogen) atoms. The second kappa shape index (κ2) is 7.34. The van der Waals surface area contributed by atoms with E-state index in [1.165, 1.54) is 11.8 Å². The van der Waals surface area contributed by atoms with Gasteiger partial charge in [-0.2, -0.15) is 0 Å². The van der Waals surface area contributed by atoms with Crippen LogP contribution in [0.2, 0.25) is 5.02 Å². The maximum Gasteiger partial charge on any atom is 0.304 e. The second-order valence-corrected chi connectivity index (χ2v) is 9.18. The van der Waals surface area contributed by atoms with E-state index >= 15 is 0 Å². The largest absolute Gasteiger partial charge is 0.481 e. The summed E-state index contributed by atoms with van der Waals surface area (Å²) in [7, 11) is 0.